The first-order valence-electron chi connectivity index (χ1n) is 7.28. The number of fused-ring (bicyclic) bond motifs is 1. The molecule has 0 saturated heterocycles. The van der Waals surface area contributed by atoms with Crippen LogP contribution in [-0.4, -0.2) is 23.9 Å². The van der Waals surface area contributed by atoms with Crippen LogP contribution < -0.4 is 5.32 Å². The van der Waals surface area contributed by atoms with Gasteiger partial charge in [0.2, 0.25) is 5.91 Å². The molecule has 21 heavy (non-hydrogen) atoms. The van der Waals surface area contributed by atoms with Crippen LogP contribution in [0, 0.1) is 13.8 Å². The molecule has 3 rings (SSSR count). The Labute approximate surface area is 129 Å². The summed E-state index contributed by atoms with van der Waals surface area (Å²) in [4.78, 5) is 15.7. The summed E-state index contributed by atoms with van der Waals surface area (Å²) < 4.78 is 0. The van der Waals surface area contributed by atoms with Gasteiger partial charge in [-0.3, -0.25) is 4.79 Å². The number of thiophene rings is 1. The molecule has 0 aliphatic carbocycles. The second-order valence-electron chi connectivity index (χ2n) is 5.54. The number of carbonyl (C=O) groups is 1. The molecule has 1 aromatic heterocycles. The van der Waals surface area contributed by atoms with Gasteiger partial charge >= 0.3 is 0 Å². The molecule has 0 unspecified atom stereocenters. The van der Waals surface area contributed by atoms with E-state index in [9.17, 15) is 4.79 Å². The Morgan fingerprint density at radius 2 is 2.19 bits per heavy atom. The van der Waals surface area contributed by atoms with Gasteiger partial charge in [-0.15, -0.1) is 11.3 Å². The molecule has 0 radical (unpaired) electrons. The molecule has 3 nitrogen and oxygen atoms in total. The Morgan fingerprint density at radius 1 is 1.33 bits per heavy atom. The molecular formula is C17H20N2OS. The van der Waals surface area contributed by atoms with Gasteiger partial charge in [0.1, 0.15) is 0 Å². The number of carbonyl (C=O) groups excluding carboxylic acids is 1. The summed E-state index contributed by atoms with van der Waals surface area (Å²) in [5.74, 6) is 0.174. The Balaban J connectivity index is 1.61. The molecule has 110 valence electrons. The molecule has 0 saturated carbocycles. The van der Waals surface area contributed by atoms with E-state index in [1.54, 1.807) is 11.3 Å². The van der Waals surface area contributed by atoms with Crippen molar-refractivity contribution in [2.75, 3.05) is 18.4 Å². The second kappa shape index (κ2) is 5.90. The fourth-order valence-electron chi connectivity index (χ4n) is 2.69. The highest BCUT2D eigenvalue weighted by Crippen LogP contribution is 2.24. The lowest BCUT2D eigenvalue weighted by Gasteiger charge is -2.27. The SMILES string of the molecule is Cc1cccc(NCC(=O)N2CCc3sccc3C2)c1C. The minimum Gasteiger partial charge on any atom is -0.376 e. The van der Waals surface area contributed by atoms with E-state index in [1.165, 1.54) is 21.6 Å². The van der Waals surface area contributed by atoms with E-state index in [1.807, 2.05) is 17.0 Å². The van der Waals surface area contributed by atoms with Gasteiger partial charge in [0.25, 0.3) is 0 Å². The zero-order chi connectivity index (χ0) is 14.8. The number of anilines is 1. The van der Waals surface area contributed by atoms with Gasteiger partial charge in [-0.2, -0.15) is 0 Å². The Bertz CT molecular complexity index is 663. The third kappa shape index (κ3) is 2.95. The quantitative estimate of drug-likeness (QED) is 0.942. The highest BCUT2D eigenvalue weighted by atomic mass is 32.1. The van der Waals surface area contributed by atoms with Crippen molar-refractivity contribution in [3.05, 3.63) is 51.2 Å². The third-order valence-electron chi connectivity index (χ3n) is 4.20. The maximum Gasteiger partial charge on any atom is 0.242 e. The minimum absolute atomic E-state index is 0.174. The Hall–Kier alpha value is -1.81. The van der Waals surface area contributed by atoms with Crippen LogP contribution in [0.3, 0.4) is 0 Å². The van der Waals surface area contributed by atoms with E-state index in [2.05, 4.69) is 36.7 Å². The van der Waals surface area contributed by atoms with Gasteiger partial charge in [0.15, 0.2) is 0 Å². The van der Waals surface area contributed by atoms with Crippen molar-refractivity contribution in [3.63, 3.8) is 0 Å². The first kappa shape index (κ1) is 14.1. The topological polar surface area (TPSA) is 32.3 Å². The number of hydrogen-bond donors (Lipinski definition) is 1. The maximum atomic E-state index is 12.4. The van der Waals surface area contributed by atoms with Crippen LogP contribution in [-0.2, 0) is 17.8 Å². The molecule has 1 aliphatic heterocycles. The average Bonchev–Trinajstić information content (AvgIpc) is 2.96. The van der Waals surface area contributed by atoms with Crippen molar-refractivity contribution in [3.8, 4) is 0 Å². The number of benzene rings is 1. The lowest BCUT2D eigenvalue weighted by atomic mass is 10.1. The molecule has 1 aliphatic rings. The second-order valence-corrected chi connectivity index (χ2v) is 6.54. The fraction of sp³-hybridized carbons (Fsp3) is 0.353. The molecule has 1 aromatic carbocycles. The molecule has 4 heteroatoms. The number of amides is 1. The van der Waals surface area contributed by atoms with Crippen LogP contribution in [0.25, 0.3) is 0 Å². The van der Waals surface area contributed by atoms with E-state index in [0.29, 0.717) is 6.54 Å². The average molecular weight is 300 g/mol. The molecule has 0 spiro atoms. The molecule has 1 N–H and O–H groups in total. The van der Waals surface area contributed by atoms with Crippen LogP contribution in [0.4, 0.5) is 5.69 Å². The van der Waals surface area contributed by atoms with Crippen molar-refractivity contribution in [1.29, 1.82) is 0 Å². The van der Waals surface area contributed by atoms with E-state index < -0.39 is 0 Å². The molecular weight excluding hydrogens is 280 g/mol. The third-order valence-corrected chi connectivity index (χ3v) is 5.22. The lowest BCUT2D eigenvalue weighted by molar-refractivity contribution is -0.130. The summed E-state index contributed by atoms with van der Waals surface area (Å²) in [6, 6.07) is 8.28. The van der Waals surface area contributed by atoms with E-state index in [4.69, 9.17) is 0 Å². The van der Waals surface area contributed by atoms with Gasteiger partial charge in [0.05, 0.1) is 6.54 Å². The van der Waals surface area contributed by atoms with Crippen molar-refractivity contribution in [2.45, 2.75) is 26.8 Å². The van der Waals surface area contributed by atoms with Crippen molar-refractivity contribution < 1.29 is 4.79 Å². The number of nitrogens with zero attached hydrogens (tertiary/aromatic N) is 1. The standard InChI is InChI=1S/C17H20N2OS/c1-12-4-3-5-15(13(12)2)18-10-17(20)19-8-6-16-14(11-19)7-9-21-16/h3-5,7,9,18H,6,8,10-11H2,1-2H3. The van der Waals surface area contributed by atoms with Gasteiger partial charge in [-0.25, -0.2) is 0 Å². The zero-order valence-electron chi connectivity index (χ0n) is 12.5. The summed E-state index contributed by atoms with van der Waals surface area (Å²) in [7, 11) is 0. The van der Waals surface area contributed by atoms with Crippen LogP contribution >= 0.6 is 11.3 Å². The van der Waals surface area contributed by atoms with E-state index in [-0.39, 0.29) is 5.91 Å². The summed E-state index contributed by atoms with van der Waals surface area (Å²) in [6.07, 6.45) is 0.988. The van der Waals surface area contributed by atoms with Gasteiger partial charge in [0, 0.05) is 23.7 Å². The van der Waals surface area contributed by atoms with Crippen molar-refractivity contribution >= 4 is 22.9 Å². The summed E-state index contributed by atoms with van der Waals surface area (Å²) in [5, 5.41) is 5.40. The zero-order valence-corrected chi connectivity index (χ0v) is 13.3. The van der Waals surface area contributed by atoms with Gasteiger partial charge in [-0.1, -0.05) is 12.1 Å². The highest BCUT2D eigenvalue weighted by Gasteiger charge is 2.21. The number of rotatable bonds is 3. The monoisotopic (exact) mass is 300 g/mol. The van der Waals surface area contributed by atoms with Crippen molar-refractivity contribution in [1.82, 2.24) is 4.90 Å². The smallest absolute Gasteiger partial charge is 0.242 e. The first-order valence-corrected chi connectivity index (χ1v) is 8.16. The van der Waals surface area contributed by atoms with Crippen LogP contribution in [0.2, 0.25) is 0 Å². The summed E-state index contributed by atoms with van der Waals surface area (Å²) >= 11 is 1.80. The predicted octanol–water partition coefficient (Wildman–Crippen LogP) is 3.36. The molecule has 0 fully saturated rings. The van der Waals surface area contributed by atoms with E-state index >= 15 is 0 Å². The Kier molecular flexibility index (Phi) is 3.97. The molecule has 0 atom stereocenters. The maximum absolute atomic E-state index is 12.4. The van der Waals surface area contributed by atoms with Gasteiger partial charge < -0.3 is 10.2 Å². The van der Waals surface area contributed by atoms with Crippen LogP contribution in [0.1, 0.15) is 21.6 Å². The van der Waals surface area contributed by atoms with Gasteiger partial charge in [-0.05, 0) is 54.5 Å². The fourth-order valence-corrected chi connectivity index (χ4v) is 3.58. The predicted molar refractivity (Wildman–Crippen MR) is 87.8 cm³/mol. The molecule has 1 amide bonds. The summed E-state index contributed by atoms with van der Waals surface area (Å²) in [5.41, 5.74) is 4.82. The number of aryl methyl sites for hydroxylation is 1. The number of hydrogen-bond acceptors (Lipinski definition) is 3. The molecule has 0 bridgehead atoms. The van der Waals surface area contributed by atoms with E-state index in [0.717, 1.165) is 25.2 Å². The first-order chi connectivity index (χ1) is 10.1. The lowest BCUT2D eigenvalue weighted by Crippen LogP contribution is -2.38. The minimum atomic E-state index is 0.174. The van der Waals surface area contributed by atoms with Crippen LogP contribution in [0.5, 0.6) is 0 Å². The highest BCUT2D eigenvalue weighted by molar-refractivity contribution is 7.10. The van der Waals surface area contributed by atoms with Crippen molar-refractivity contribution in [2.24, 2.45) is 0 Å². The largest absolute Gasteiger partial charge is 0.376 e. The number of nitrogens with one attached hydrogen (secondary N) is 1. The van der Waals surface area contributed by atoms with Crippen LogP contribution in [0.15, 0.2) is 29.6 Å². The molecule has 2 aromatic rings. The normalized spacial score (nSPS) is 13.9. The summed E-state index contributed by atoms with van der Waals surface area (Å²) in [6.45, 7) is 6.13. The Morgan fingerprint density at radius 3 is 3.05 bits per heavy atom. The molecule has 2 heterocycles.